The minimum atomic E-state index is -0.397. The molecule has 0 saturated heterocycles. The van der Waals surface area contributed by atoms with Crippen LogP contribution in [0.25, 0.3) is 0 Å². The molecule has 0 bridgehead atoms. The van der Waals surface area contributed by atoms with E-state index in [0.29, 0.717) is 16.8 Å². The van der Waals surface area contributed by atoms with Crippen LogP contribution in [0.2, 0.25) is 0 Å². The van der Waals surface area contributed by atoms with Crippen molar-refractivity contribution in [1.82, 2.24) is 4.98 Å². The van der Waals surface area contributed by atoms with Gasteiger partial charge in [-0.2, -0.15) is 0 Å². The molecule has 3 N–H and O–H groups in total. The fraction of sp³-hybridized carbons (Fsp3) is 0.0714. The van der Waals surface area contributed by atoms with Crippen LogP contribution in [0.3, 0.4) is 0 Å². The molecule has 1 heterocycles. The average molecular weight is 368 g/mol. The molecular weight excluding hydrogens is 357 g/mol. The maximum Gasteiger partial charge on any atom is 0.274 e. The number of carbonyl (C=O) groups excluding carboxylic acids is 1. The zero-order valence-electron chi connectivity index (χ0n) is 11.0. The molecule has 0 aliphatic heterocycles. The van der Waals surface area contributed by atoms with Gasteiger partial charge in [0.2, 0.25) is 0 Å². The van der Waals surface area contributed by atoms with Crippen LogP contribution in [0.4, 0.5) is 10.1 Å². The quantitative estimate of drug-likeness (QED) is 0.817. The van der Waals surface area contributed by atoms with E-state index in [2.05, 4.69) is 26.2 Å². The Kier molecular flexibility index (Phi) is 4.64. The normalized spacial score (nSPS) is 10.2. The van der Waals surface area contributed by atoms with E-state index >= 15 is 0 Å². The van der Waals surface area contributed by atoms with E-state index in [4.69, 9.17) is 18.0 Å². The lowest BCUT2D eigenvalue weighted by Gasteiger charge is -2.09. The molecule has 1 amide bonds. The average Bonchev–Trinajstić information content (AvgIpc) is 2.44. The molecule has 0 aliphatic rings. The van der Waals surface area contributed by atoms with E-state index in [1.807, 2.05) is 0 Å². The molecule has 0 fully saturated rings. The van der Waals surface area contributed by atoms with Gasteiger partial charge in [-0.3, -0.25) is 9.78 Å². The van der Waals surface area contributed by atoms with Gasteiger partial charge in [0, 0.05) is 17.4 Å². The Morgan fingerprint density at radius 2 is 2.14 bits per heavy atom. The lowest BCUT2D eigenvalue weighted by atomic mass is 10.2. The number of aryl methyl sites for hydroxylation is 1. The summed E-state index contributed by atoms with van der Waals surface area (Å²) < 4.78 is 13.6. The van der Waals surface area contributed by atoms with Crippen LogP contribution in [-0.2, 0) is 0 Å². The Labute approximate surface area is 134 Å². The van der Waals surface area contributed by atoms with Crippen LogP contribution in [-0.4, -0.2) is 15.9 Å². The monoisotopic (exact) mass is 367 g/mol. The predicted octanol–water partition coefficient (Wildman–Crippen LogP) is 3.18. The molecule has 4 nitrogen and oxygen atoms in total. The minimum Gasteiger partial charge on any atom is -0.389 e. The second-order valence-corrected chi connectivity index (χ2v) is 5.63. The van der Waals surface area contributed by atoms with Crippen LogP contribution in [0.15, 0.2) is 34.9 Å². The molecule has 0 radical (unpaired) electrons. The zero-order chi connectivity index (χ0) is 15.6. The molecule has 2 rings (SSSR count). The number of nitrogens with one attached hydrogen (secondary N) is 1. The summed E-state index contributed by atoms with van der Waals surface area (Å²) in [5.41, 5.74) is 7.39. The van der Waals surface area contributed by atoms with Gasteiger partial charge in [0.1, 0.15) is 16.5 Å². The predicted molar refractivity (Wildman–Crippen MR) is 86.9 cm³/mol. The van der Waals surface area contributed by atoms with Gasteiger partial charge in [-0.1, -0.05) is 12.2 Å². The fourth-order valence-electron chi connectivity index (χ4n) is 1.64. The van der Waals surface area contributed by atoms with E-state index in [1.54, 1.807) is 13.0 Å². The third kappa shape index (κ3) is 3.62. The van der Waals surface area contributed by atoms with Crippen molar-refractivity contribution in [3.8, 4) is 0 Å². The molecule has 1 aromatic heterocycles. The molecular formula is C14H11BrFN3OS. The number of amides is 1. The molecule has 0 atom stereocenters. The summed E-state index contributed by atoms with van der Waals surface area (Å²) >= 11 is 7.90. The van der Waals surface area contributed by atoms with Crippen LogP contribution < -0.4 is 11.1 Å². The van der Waals surface area contributed by atoms with Gasteiger partial charge in [-0.25, -0.2) is 4.39 Å². The summed E-state index contributed by atoms with van der Waals surface area (Å²) in [6, 6.07) is 5.99. The first-order chi connectivity index (χ1) is 9.88. The number of hydrogen-bond acceptors (Lipinski definition) is 3. The SMILES string of the molecule is Cc1cc(F)c(Br)cc1NC(=O)c1ccc(C(N)=S)cn1. The lowest BCUT2D eigenvalue weighted by Crippen LogP contribution is -2.16. The second-order valence-electron chi connectivity index (χ2n) is 4.33. The summed E-state index contributed by atoms with van der Waals surface area (Å²) in [7, 11) is 0. The van der Waals surface area contributed by atoms with Crippen molar-refractivity contribution in [2.24, 2.45) is 5.73 Å². The van der Waals surface area contributed by atoms with Crippen molar-refractivity contribution in [3.63, 3.8) is 0 Å². The molecule has 1 aromatic carbocycles. The lowest BCUT2D eigenvalue weighted by molar-refractivity contribution is 0.102. The number of carbonyl (C=O) groups is 1. The molecule has 0 saturated carbocycles. The standard InChI is InChI=1S/C14H11BrFN3OS/c1-7-4-10(16)9(15)5-12(7)19-14(20)11-3-2-8(6-18-11)13(17)21/h2-6H,1H3,(H2,17,21)(H,19,20). The van der Waals surface area contributed by atoms with Gasteiger partial charge in [-0.05, 0) is 52.7 Å². The molecule has 21 heavy (non-hydrogen) atoms. The van der Waals surface area contributed by atoms with Gasteiger partial charge < -0.3 is 11.1 Å². The largest absolute Gasteiger partial charge is 0.389 e. The van der Waals surface area contributed by atoms with Crippen LogP contribution in [0.5, 0.6) is 0 Å². The van der Waals surface area contributed by atoms with Crippen molar-refractivity contribution in [3.05, 3.63) is 57.6 Å². The third-order valence-corrected chi connectivity index (χ3v) is 3.64. The Balaban J connectivity index is 2.22. The first-order valence-corrected chi connectivity index (χ1v) is 7.11. The first-order valence-electron chi connectivity index (χ1n) is 5.91. The van der Waals surface area contributed by atoms with Gasteiger partial charge in [-0.15, -0.1) is 0 Å². The van der Waals surface area contributed by atoms with Crippen molar-refractivity contribution >= 4 is 44.7 Å². The highest BCUT2D eigenvalue weighted by atomic mass is 79.9. The Hall–Kier alpha value is -1.86. The number of rotatable bonds is 3. The van der Waals surface area contributed by atoms with Gasteiger partial charge >= 0.3 is 0 Å². The summed E-state index contributed by atoms with van der Waals surface area (Å²) in [4.78, 5) is 16.3. The van der Waals surface area contributed by atoms with E-state index in [1.165, 1.54) is 24.4 Å². The Bertz CT molecular complexity index is 719. The number of halogens is 2. The van der Waals surface area contributed by atoms with Crippen molar-refractivity contribution in [2.75, 3.05) is 5.32 Å². The minimum absolute atomic E-state index is 0.216. The molecule has 2 aromatic rings. The summed E-state index contributed by atoms with van der Waals surface area (Å²) in [5.74, 6) is -0.782. The van der Waals surface area contributed by atoms with Gasteiger partial charge in [0.15, 0.2) is 0 Å². The number of anilines is 1. The highest BCUT2D eigenvalue weighted by molar-refractivity contribution is 9.10. The Morgan fingerprint density at radius 3 is 2.71 bits per heavy atom. The van der Waals surface area contributed by atoms with Crippen LogP contribution in [0.1, 0.15) is 21.6 Å². The highest BCUT2D eigenvalue weighted by Gasteiger charge is 2.11. The van der Waals surface area contributed by atoms with Crippen molar-refractivity contribution in [2.45, 2.75) is 6.92 Å². The number of hydrogen-bond donors (Lipinski definition) is 2. The fourth-order valence-corrected chi connectivity index (χ4v) is 2.11. The zero-order valence-corrected chi connectivity index (χ0v) is 13.4. The summed E-state index contributed by atoms with van der Waals surface area (Å²) in [6.45, 7) is 1.70. The molecule has 7 heteroatoms. The van der Waals surface area contributed by atoms with Crippen LogP contribution >= 0.6 is 28.1 Å². The van der Waals surface area contributed by atoms with E-state index in [-0.39, 0.29) is 21.0 Å². The summed E-state index contributed by atoms with van der Waals surface area (Å²) in [5, 5.41) is 2.68. The maximum atomic E-state index is 13.3. The number of nitrogens with two attached hydrogens (primary N) is 1. The molecule has 108 valence electrons. The number of thiocarbonyl (C=S) groups is 1. The second kappa shape index (κ2) is 6.28. The third-order valence-electron chi connectivity index (χ3n) is 2.80. The molecule has 0 aliphatic carbocycles. The van der Waals surface area contributed by atoms with Gasteiger partial charge in [0.25, 0.3) is 5.91 Å². The number of benzene rings is 1. The number of nitrogens with zero attached hydrogens (tertiary/aromatic N) is 1. The smallest absolute Gasteiger partial charge is 0.274 e. The van der Waals surface area contributed by atoms with Crippen LogP contribution in [0, 0.1) is 12.7 Å². The highest BCUT2D eigenvalue weighted by Crippen LogP contribution is 2.24. The van der Waals surface area contributed by atoms with Crippen molar-refractivity contribution in [1.29, 1.82) is 0 Å². The Morgan fingerprint density at radius 1 is 1.43 bits per heavy atom. The van der Waals surface area contributed by atoms with E-state index in [9.17, 15) is 9.18 Å². The number of pyridine rings is 1. The molecule has 0 spiro atoms. The molecule has 0 unspecified atom stereocenters. The van der Waals surface area contributed by atoms with E-state index in [0.717, 1.165) is 0 Å². The summed E-state index contributed by atoms with van der Waals surface area (Å²) in [6.07, 6.45) is 1.44. The maximum absolute atomic E-state index is 13.3. The topological polar surface area (TPSA) is 68.0 Å². The van der Waals surface area contributed by atoms with E-state index < -0.39 is 5.91 Å². The number of aromatic nitrogens is 1. The van der Waals surface area contributed by atoms with Crippen molar-refractivity contribution < 1.29 is 9.18 Å². The first kappa shape index (κ1) is 15.5. The van der Waals surface area contributed by atoms with Gasteiger partial charge in [0.05, 0.1) is 4.47 Å².